The first-order valence-electron chi connectivity index (χ1n) is 7.30. The van der Waals surface area contributed by atoms with Gasteiger partial charge in [0.25, 0.3) is 4.84 Å². The number of carbonyl (C=O) groups excluding carboxylic acids is 1. The van der Waals surface area contributed by atoms with Gasteiger partial charge in [0.2, 0.25) is 5.91 Å². The summed E-state index contributed by atoms with van der Waals surface area (Å²) in [7, 11) is 1.54. The average Bonchev–Trinajstić information content (AvgIpc) is 2.88. The first kappa shape index (κ1) is 16.5. The SMILES string of the molecule is COc1ccc(NC(=O)CCn2c(=S)oc3ccccc32)cc1Cl. The van der Waals surface area contributed by atoms with Crippen molar-refractivity contribution >= 4 is 46.5 Å². The molecule has 0 fully saturated rings. The van der Waals surface area contributed by atoms with E-state index in [1.54, 1.807) is 18.2 Å². The van der Waals surface area contributed by atoms with Crippen molar-refractivity contribution in [2.75, 3.05) is 12.4 Å². The summed E-state index contributed by atoms with van der Waals surface area (Å²) in [6, 6.07) is 12.6. The Balaban J connectivity index is 1.68. The maximum Gasteiger partial charge on any atom is 0.269 e. The Hall–Kier alpha value is -2.31. The summed E-state index contributed by atoms with van der Waals surface area (Å²) in [5, 5.41) is 3.25. The zero-order valence-corrected chi connectivity index (χ0v) is 14.5. The van der Waals surface area contributed by atoms with Crippen molar-refractivity contribution in [1.82, 2.24) is 4.57 Å². The van der Waals surface area contributed by atoms with Gasteiger partial charge in [-0.15, -0.1) is 0 Å². The second-order valence-electron chi connectivity index (χ2n) is 5.13. The van der Waals surface area contributed by atoms with Crippen molar-refractivity contribution in [3.8, 4) is 5.75 Å². The molecule has 1 amide bonds. The lowest BCUT2D eigenvalue weighted by Gasteiger charge is -2.08. The minimum atomic E-state index is -0.136. The second-order valence-corrected chi connectivity index (χ2v) is 5.89. The van der Waals surface area contributed by atoms with Gasteiger partial charge in [0.05, 0.1) is 17.6 Å². The fourth-order valence-electron chi connectivity index (χ4n) is 2.41. The highest BCUT2D eigenvalue weighted by Crippen LogP contribution is 2.27. The summed E-state index contributed by atoms with van der Waals surface area (Å²) in [4.78, 5) is 12.5. The van der Waals surface area contributed by atoms with Crippen LogP contribution in [0, 0.1) is 4.84 Å². The van der Waals surface area contributed by atoms with E-state index in [-0.39, 0.29) is 12.3 Å². The number of nitrogens with zero attached hydrogens (tertiary/aromatic N) is 1. The standard InChI is InChI=1S/C17H15ClN2O3S/c1-22-14-7-6-11(10-12(14)18)19-16(21)8-9-20-13-4-2-3-5-15(13)23-17(20)24/h2-7,10H,8-9H2,1H3,(H,19,21). The van der Waals surface area contributed by atoms with E-state index in [1.807, 2.05) is 28.8 Å². The lowest BCUT2D eigenvalue weighted by atomic mass is 10.3. The summed E-state index contributed by atoms with van der Waals surface area (Å²) >= 11 is 11.3. The molecule has 0 unspecified atom stereocenters. The van der Waals surface area contributed by atoms with Gasteiger partial charge in [-0.25, -0.2) is 0 Å². The molecule has 0 aliphatic rings. The smallest absolute Gasteiger partial charge is 0.269 e. The molecule has 3 aromatic rings. The van der Waals surface area contributed by atoms with Gasteiger partial charge >= 0.3 is 0 Å². The third-order valence-electron chi connectivity index (χ3n) is 3.57. The molecule has 0 aliphatic carbocycles. The maximum absolute atomic E-state index is 12.2. The van der Waals surface area contributed by atoms with Crippen LogP contribution in [0.5, 0.6) is 5.75 Å². The number of ether oxygens (including phenoxy) is 1. The Kier molecular flexibility index (Phi) is 4.87. The maximum atomic E-state index is 12.2. The molecule has 124 valence electrons. The van der Waals surface area contributed by atoms with Crippen LogP contribution in [-0.2, 0) is 11.3 Å². The number of aryl methyl sites for hydroxylation is 1. The molecule has 0 saturated carbocycles. The van der Waals surface area contributed by atoms with Crippen molar-refractivity contribution < 1.29 is 13.9 Å². The Labute approximate surface area is 148 Å². The van der Waals surface area contributed by atoms with E-state index in [0.717, 1.165) is 5.52 Å². The van der Waals surface area contributed by atoms with Crippen molar-refractivity contribution in [1.29, 1.82) is 0 Å². The Morgan fingerprint density at radius 2 is 2.12 bits per heavy atom. The highest BCUT2D eigenvalue weighted by molar-refractivity contribution is 7.71. The largest absolute Gasteiger partial charge is 0.495 e. The number of hydrogen-bond donors (Lipinski definition) is 1. The molecule has 0 radical (unpaired) electrons. The number of carbonyl (C=O) groups is 1. The summed E-state index contributed by atoms with van der Waals surface area (Å²) in [5.41, 5.74) is 2.21. The van der Waals surface area contributed by atoms with E-state index in [2.05, 4.69) is 5.32 Å². The number of halogens is 1. The van der Waals surface area contributed by atoms with Crippen LogP contribution in [0.4, 0.5) is 5.69 Å². The minimum absolute atomic E-state index is 0.136. The Morgan fingerprint density at radius 1 is 1.33 bits per heavy atom. The Morgan fingerprint density at radius 3 is 2.88 bits per heavy atom. The van der Waals surface area contributed by atoms with E-state index in [9.17, 15) is 4.79 Å². The quantitative estimate of drug-likeness (QED) is 0.671. The molecule has 0 bridgehead atoms. The molecule has 0 spiro atoms. The number of amides is 1. The number of anilines is 1. The summed E-state index contributed by atoms with van der Waals surface area (Å²) in [6.45, 7) is 0.436. The summed E-state index contributed by atoms with van der Waals surface area (Å²) in [5.74, 6) is 0.425. The zero-order valence-electron chi connectivity index (χ0n) is 12.9. The van der Waals surface area contributed by atoms with Crippen LogP contribution >= 0.6 is 23.8 Å². The normalized spacial score (nSPS) is 10.8. The number of nitrogens with one attached hydrogen (secondary N) is 1. The van der Waals surface area contributed by atoms with Crippen LogP contribution in [-0.4, -0.2) is 17.6 Å². The molecule has 24 heavy (non-hydrogen) atoms. The van der Waals surface area contributed by atoms with E-state index in [4.69, 9.17) is 33.0 Å². The molecule has 5 nitrogen and oxygen atoms in total. The molecule has 0 saturated heterocycles. The number of methoxy groups -OCH3 is 1. The van der Waals surface area contributed by atoms with Gasteiger partial charge in [-0.2, -0.15) is 0 Å². The summed E-state index contributed by atoms with van der Waals surface area (Å²) in [6.07, 6.45) is 0.265. The highest BCUT2D eigenvalue weighted by atomic mass is 35.5. The molecule has 1 N–H and O–H groups in total. The zero-order chi connectivity index (χ0) is 17.1. The first-order chi connectivity index (χ1) is 11.6. The van der Waals surface area contributed by atoms with Crippen LogP contribution in [0.25, 0.3) is 11.1 Å². The monoisotopic (exact) mass is 362 g/mol. The molecule has 0 atom stereocenters. The second kappa shape index (κ2) is 7.07. The number of benzene rings is 2. The number of oxazole rings is 1. The van der Waals surface area contributed by atoms with Gasteiger partial charge in [-0.1, -0.05) is 23.7 Å². The van der Waals surface area contributed by atoms with E-state index < -0.39 is 0 Å². The topological polar surface area (TPSA) is 56.4 Å². The van der Waals surface area contributed by atoms with Crippen molar-refractivity contribution in [3.05, 3.63) is 52.3 Å². The molecule has 1 aromatic heterocycles. The predicted molar refractivity (Wildman–Crippen MR) is 96.3 cm³/mol. The molecule has 0 aliphatic heterocycles. The molecule has 1 heterocycles. The first-order valence-corrected chi connectivity index (χ1v) is 8.09. The van der Waals surface area contributed by atoms with Gasteiger partial charge in [-0.05, 0) is 42.5 Å². The third-order valence-corrected chi connectivity index (χ3v) is 4.17. The lowest BCUT2D eigenvalue weighted by Crippen LogP contribution is -2.14. The number of aromatic nitrogens is 1. The van der Waals surface area contributed by atoms with Crippen LogP contribution in [0.1, 0.15) is 6.42 Å². The van der Waals surface area contributed by atoms with Crippen molar-refractivity contribution in [2.45, 2.75) is 13.0 Å². The van der Waals surface area contributed by atoms with Gasteiger partial charge in [-0.3, -0.25) is 9.36 Å². The van der Waals surface area contributed by atoms with Crippen LogP contribution < -0.4 is 10.1 Å². The number of fused-ring (bicyclic) bond motifs is 1. The van der Waals surface area contributed by atoms with E-state index in [0.29, 0.717) is 33.4 Å². The fourth-order valence-corrected chi connectivity index (χ4v) is 2.94. The molecule has 2 aromatic carbocycles. The number of rotatable bonds is 5. The van der Waals surface area contributed by atoms with E-state index in [1.165, 1.54) is 7.11 Å². The van der Waals surface area contributed by atoms with Gasteiger partial charge < -0.3 is 14.5 Å². The minimum Gasteiger partial charge on any atom is -0.495 e. The fraction of sp³-hybridized carbons (Fsp3) is 0.176. The van der Waals surface area contributed by atoms with Gasteiger partial charge in [0, 0.05) is 18.7 Å². The molecule has 3 rings (SSSR count). The Bertz CT molecular complexity index is 948. The van der Waals surface area contributed by atoms with Crippen LogP contribution in [0.2, 0.25) is 5.02 Å². The molecular formula is C17H15ClN2O3S. The van der Waals surface area contributed by atoms with Crippen LogP contribution in [0.15, 0.2) is 46.9 Å². The van der Waals surface area contributed by atoms with E-state index >= 15 is 0 Å². The number of hydrogen-bond acceptors (Lipinski definition) is 4. The summed E-state index contributed by atoms with van der Waals surface area (Å²) < 4.78 is 12.4. The average molecular weight is 363 g/mol. The number of para-hydroxylation sites is 2. The predicted octanol–water partition coefficient (Wildman–Crippen LogP) is 4.65. The highest BCUT2D eigenvalue weighted by Gasteiger charge is 2.09. The van der Waals surface area contributed by atoms with Crippen molar-refractivity contribution in [2.24, 2.45) is 0 Å². The van der Waals surface area contributed by atoms with Crippen LogP contribution in [0.3, 0.4) is 0 Å². The lowest BCUT2D eigenvalue weighted by molar-refractivity contribution is -0.116. The molecular weight excluding hydrogens is 348 g/mol. The van der Waals surface area contributed by atoms with Gasteiger partial charge in [0.15, 0.2) is 5.58 Å². The van der Waals surface area contributed by atoms with Crippen molar-refractivity contribution in [3.63, 3.8) is 0 Å². The molecule has 7 heteroatoms. The van der Waals surface area contributed by atoms with Gasteiger partial charge in [0.1, 0.15) is 5.75 Å². The third kappa shape index (κ3) is 3.44.